The molecule has 0 aliphatic heterocycles. The predicted octanol–water partition coefficient (Wildman–Crippen LogP) is 2.75. The lowest BCUT2D eigenvalue weighted by Gasteiger charge is -2.11. The van der Waals surface area contributed by atoms with Crippen LogP contribution < -0.4 is 15.4 Å². The molecule has 1 aromatic heterocycles. The van der Waals surface area contributed by atoms with Crippen LogP contribution in [-0.2, 0) is 4.79 Å². The summed E-state index contributed by atoms with van der Waals surface area (Å²) in [5, 5.41) is 8.99. The van der Waals surface area contributed by atoms with Gasteiger partial charge in [0.15, 0.2) is 0 Å². The van der Waals surface area contributed by atoms with Crippen molar-refractivity contribution >= 4 is 22.9 Å². The van der Waals surface area contributed by atoms with E-state index in [2.05, 4.69) is 15.6 Å². The van der Waals surface area contributed by atoms with E-state index in [0.717, 1.165) is 16.4 Å². The second-order valence-electron chi connectivity index (χ2n) is 4.71. The maximum absolute atomic E-state index is 11.9. The first-order chi connectivity index (χ1) is 10.1. The van der Waals surface area contributed by atoms with Crippen molar-refractivity contribution in [3.8, 4) is 5.75 Å². The number of carbonyl (C=O) groups is 1. The smallest absolute Gasteiger partial charge is 0.238 e. The number of aryl methyl sites for hydroxylation is 1. The fraction of sp³-hybridized carbons (Fsp3) is 0.333. The molecule has 112 valence electrons. The van der Waals surface area contributed by atoms with Crippen LogP contribution in [0.2, 0.25) is 0 Å². The van der Waals surface area contributed by atoms with E-state index in [-0.39, 0.29) is 18.5 Å². The van der Waals surface area contributed by atoms with Crippen LogP contribution in [0, 0.1) is 6.92 Å². The normalized spacial score (nSPS) is 12.0. The van der Waals surface area contributed by atoms with Gasteiger partial charge in [0, 0.05) is 22.8 Å². The Kier molecular flexibility index (Phi) is 5.30. The van der Waals surface area contributed by atoms with E-state index >= 15 is 0 Å². The first-order valence-corrected chi connectivity index (χ1v) is 7.56. The highest BCUT2D eigenvalue weighted by atomic mass is 32.1. The van der Waals surface area contributed by atoms with Gasteiger partial charge in [-0.05, 0) is 26.0 Å². The molecule has 0 saturated heterocycles. The molecule has 0 fully saturated rings. The summed E-state index contributed by atoms with van der Waals surface area (Å²) in [5.41, 5.74) is 1.73. The van der Waals surface area contributed by atoms with Gasteiger partial charge in [0.25, 0.3) is 0 Å². The minimum atomic E-state index is -0.0941. The van der Waals surface area contributed by atoms with Crippen LogP contribution in [-0.4, -0.2) is 24.5 Å². The molecule has 1 aromatic carbocycles. The van der Waals surface area contributed by atoms with Crippen LogP contribution in [0.5, 0.6) is 5.75 Å². The van der Waals surface area contributed by atoms with Crippen LogP contribution in [0.3, 0.4) is 0 Å². The first kappa shape index (κ1) is 15.5. The second kappa shape index (κ2) is 7.19. The van der Waals surface area contributed by atoms with Gasteiger partial charge >= 0.3 is 0 Å². The van der Waals surface area contributed by atoms with Gasteiger partial charge in [-0.2, -0.15) is 0 Å². The molecular weight excluding hydrogens is 286 g/mol. The Balaban J connectivity index is 1.84. The number of nitrogens with one attached hydrogen (secondary N) is 2. The monoisotopic (exact) mass is 305 g/mol. The molecule has 0 radical (unpaired) electrons. The largest absolute Gasteiger partial charge is 0.497 e. The van der Waals surface area contributed by atoms with Crippen LogP contribution >= 0.6 is 11.3 Å². The number of anilines is 1. The average molecular weight is 305 g/mol. The first-order valence-electron chi connectivity index (χ1n) is 6.68. The molecule has 5 nitrogen and oxygen atoms in total. The molecule has 0 aliphatic carbocycles. The van der Waals surface area contributed by atoms with Crippen LogP contribution in [0.1, 0.15) is 23.7 Å². The molecule has 1 unspecified atom stereocenters. The van der Waals surface area contributed by atoms with E-state index in [1.165, 1.54) is 0 Å². The summed E-state index contributed by atoms with van der Waals surface area (Å²) >= 11 is 1.60. The molecule has 1 amide bonds. The minimum absolute atomic E-state index is 0.0553. The highest BCUT2D eigenvalue weighted by Gasteiger charge is 2.11. The van der Waals surface area contributed by atoms with Crippen LogP contribution in [0.25, 0.3) is 0 Å². The third-order valence-corrected chi connectivity index (χ3v) is 4.07. The molecular formula is C15H19N3O2S. The van der Waals surface area contributed by atoms with Gasteiger partial charge in [0.1, 0.15) is 10.8 Å². The van der Waals surface area contributed by atoms with Gasteiger partial charge in [-0.15, -0.1) is 11.3 Å². The van der Waals surface area contributed by atoms with Gasteiger partial charge in [-0.3, -0.25) is 10.1 Å². The Hall–Kier alpha value is -1.92. The Morgan fingerprint density at radius 1 is 1.48 bits per heavy atom. The molecule has 0 saturated carbocycles. The summed E-state index contributed by atoms with van der Waals surface area (Å²) in [5.74, 6) is 0.621. The van der Waals surface area contributed by atoms with Gasteiger partial charge in [-0.1, -0.05) is 6.07 Å². The van der Waals surface area contributed by atoms with E-state index in [1.54, 1.807) is 24.5 Å². The number of hydrogen-bond acceptors (Lipinski definition) is 5. The zero-order valence-electron chi connectivity index (χ0n) is 12.3. The van der Waals surface area contributed by atoms with E-state index in [0.29, 0.717) is 5.75 Å². The number of benzene rings is 1. The number of amides is 1. The molecule has 2 N–H and O–H groups in total. The van der Waals surface area contributed by atoms with Crippen molar-refractivity contribution in [3.63, 3.8) is 0 Å². The number of carbonyl (C=O) groups excluding carboxylic acids is 1. The summed E-state index contributed by atoms with van der Waals surface area (Å²) in [4.78, 5) is 16.3. The summed E-state index contributed by atoms with van der Waals surface area (Å²) in [6, 6.07) is 7.34. The third kappa shape index (κ3) is 4.54. The van der Waals surface area contributed by atoms with Crippen LogP contribution in [0.4, 0.5) is 5.69 Å². The fourth-order valence-corrected chi connectivity index (χ4v) is 2.64. The molecule has 21 heavy (non-hydrogen) atoms. The number of ether oxygens (including phenoxy) is 1. The van der Waals surface area contributed by atoms with Crippen molar-refractivity contribution in [2.45, 2.75) is 19.9 Å². The molecule has 2 rings (SSSR count). The number of hydrogen-bond donors (Lipinski definition) is 2. The number of nitrogens with zero attached hydrogens (tertiary/aromatic N) is 1. The highest BCUT2D eigenvalue weighted by Crippen LogP contribution is 2.18. The average Bonchev–Trinajstić information content (AvgIpc) is 2.91. The Morgan fingerprint density at radius 3 is 2.95 bits per heavy atom. The molecule has 0 bridgehead atoms. The van der Waals surface area contributed by atoms with Crippen molar-refractivity contribution in [2.75, 3.05) is 19.0 Å². The summed E-state index contributed by atoms with van der Waals surface area (Å²) < 4.78 is 5.12. The third-order valence-electron chi connectivity index (χ3n) is 2.93. The number of methoxy groups -OCH3 is 1. The van der Waals surface area contributed by atoms with E-state index in [4.69, 9.17) is 4.74 Å². The summed E-state index contributed by atoms with van der Waals surface area (Å²) in [7, 11) is 1.60. The molecule has 0 spiro atoms. The Labute approximate surface area is 128 Å². The number of aromatic nitrogens is 1. The Bertz CT molecular complexity index is 612. The highest BCUT2D eigenvalue weighted by molar-refractivity contribution is 7.09. The van der Waals surface area contributed by atoms with E-state index < -0.39 is 0 Å². The standard InChI is InChI=1S/C15H19N3O2S/c1-10-9-21-15(17-10)11(2)16-8-14(19)18-12-5-4-6-13(7-12)20-3/h4-7,9,11,16H,8H2,1-3H3,(H,18,19). The van der Waals surface area contributed by atoms with Crippen molar-refractivity contribution in [2.24, 2.45) is 0 Å². The summed E-state index contributed by atoms with van der Waals surface area (Å²) in [6.07, 6.45) is 0. The van der Waals surface area contributed by atoms with Gasteiger partial charge in [0.2, 0.25) is 5.91 Å². The predicted molar refractivity (Wildman–Crippen MR) is 84.9 cm³/mol. The quantitative estimate of drug-likeness (QED) is 0.861. The zero-order chi connectivity index (χ0) is 15.2. The van der Waals surface area contributed by atoms with Crippen molar-refractivity contribution < 1.29 is 9.53 Å². The van der Waals surface area contributed by atoms with Crippen molar-refractivity contribution in [3.05, 3.63) is 40.3 Å². The van der Waals surface area contributed by atoms with Crippen LogP contribution in [0.15, 0.2) is 29.6 Å². The zero-order valence-corrected chi connectivity index (χ0v) is 13.2. The van der Waals surface area contributed by atoms with Gasteiger partial charge in [0.05, 0.1) is 19.7 Å². The molecule has 1 heterocycles. The Morgan fingerprint density at radius 2 is 2.29 bits per heavy atom. The SMILES string of the molecule is COc1cccc(NC(=O)CNC(C)c2nc(C)cs2)c1. The number of thiazole rings is 1. The van der Waals surface area contributed by atoms with E-state index in [9.17, 15) is 4.79 Å². The topological polar surface area (TPSA) is 63.2 Å². The number of rotatable bonds is 6. The molecule has 6 heteroatoms. The summed E-state index contributed by atoms with van der Waals surface area (Å²) in [6.45, 7) is 4.19. The lowest BCUT2D eigenvalue weighted by Crippen LogP contribution is -2.30. The molecule has 1 atom stereocenters. The second-order valence-corrected chi connectivity index (χ2v) is 5.60. The van der Waals surface area contributed by atoms with E-state index in [1.807, 2.05) is 37.4 Å². The maximum Gasteiger partial charge on any atom is 0.238 e. The van der Waals surface area contributed by atoms with Gasteiger partial charge < -0.3 is 10.1 Å². The maximum atomic E-state index is 11.9. The minimum Gasteiger partial charge on any atom is -0.497 e. The fourth-order valence-electron chi connectivity index (χ4n) is 1.81. The van der Waals surface area contributed by atoms with Gasteiger partial charge in [-0.25, -0.2) is 4.98 Å². The lowest BCUT2D eigenvalue weighted by molar-refractivity contribution is -0.115. The van der Waals surface area contributed by atoms with Crippen molar-refractivity contribution in [1.82, 2.24) is 10.3 Å². The molecule has 2 aromatic rings. The lowest BCUT2D eigenvalue weighted by atomic mass is 10.3. The van der Waals surface area contributed by atoms with Crippen molar-refractivity contribution in [1.29, 1.82) is 0 Å². The molecule has 0 aliphatic rings.